The van der Waals surface area contributed by atoms with Gasteiger partial charge in [-0.2, -0.15) is 0 Å². The van der Waals surface area contributed by atoms with Gasteiger partial charge in [-0.1, -0.05) is 26.0 Å². The number of nitrogens with one attached hydrogen (secondary N) is 1. The van der Waals surface area contributed by atoms with Crippen molar-refractivity contribution in [2.45, 2.75) is 33.1 Å². The molecule has 0 radical (unpaired) electrons. The molecule has 0 fully saturated rings. The number of ether oxygens (including phenoxy) is 1. The summed E-state index contributed by atoms with van der Waals surface area (Å²) in [6, 6.07) is 6.60. The molecule has 1 aromatic rings. The van der Waals surface area contributed by atoms with Gasteiger partial charge < -0.3 is 10.1 Å². The minimum Gasteiger partial charge on any atom is -0.493 e. The Morgan fingerprint density at radius 2 is 2.18 bits per heavy atom. The summed E-state index contributed by atoms with van der Waals surface area (Å²) >= 11 is 0. The normalized spacial score (nSPS) is 13.8. The van der Waals surface area contributed by atoms with Gasteiger partial charge in [-0.15, -0.1) is 0 Å². The summed E-state index contributed by atoms with van der Waals surface area (Å²) in [6.07, 6.45) is 3.45. The molecule has 0 aliphatic carbocycles. The van der Waals surface area contributed by atoms with E-state index >= 15 is 0 Å². The Kier molecular flexibility index (Phi) is 4.43. The fourth-order valence-electron chi connectivity index (χ4n) is 2.14. The fraction of sp³-hybridized carbons (Fsp3) is 0.600. The van der Waals surface area contributed by atoms with Crippen molar-refractivity contribution in [1.82, 2.24) is 5.32 Å². The first-order valence-corrected chi connectivity index (χ1v) is 6.71. The zero-order valence-electron chi connectivity index (χ0n) is 11.0. The van der Waals surface area contributed by atoms with Crippen LogP contribution in [0, 0.1) is 5.92 Å². The standard InChI is InChI=1S/C15H23NO/c1-12(2)5-8-16-9-6-13-3-4-15-14(11-13)7-10-17-15/h3-4,11-12,16H,5-10H2,1-2H3. The third kappa shape index (κ3) is 3.74. The van der Waals surface area contributed by atoms with Crippen LogP contribution in [0.4, 0.5) is 0 Å². The van der Waals surface area contributed by atoms with Gasteiger partial charge in [0.05, 0.1) is 6.61 Å². The Balaban J connectivity index is 1.72. The first kappa shape index (κ1) is 12.4. The lowest BCUT2D eigenvalue weighted by Gasteiger charge is -2.07. The Morgan fingerprint density at radius 3 is 3.00 bits per heavy atom. The topological polar surface area (TPSA) is 21.3 Å². The highest BCUT2D eigenvalue weighted by Gasteiger charge is 2.11. The van der Waals surface area contributed by atoms with Crippen molar-refractivity contribution >= 4 is 0 Å². The molecule has 2 rings (SSSR count). The molecule has 0 saturated carbocycles. The van der Waals surface area contributed by atoms with Crippen LogP contribution in [0.5, 0.6) is 5.75 Å². The molecule has 0 unspecified atom stereocenters. The van der Waals surface area contributed by atoms with Crippen LogP contribution >= 0.6 is 0 Å². The molecule has 0 spiro atoms. The van der Waals surface area contributed by atoms with Crippen LogP contribution in [-0.4, -0.2) is 19.7 Å². The minimum absolute atomic E-state index is 0.791. The van der Waals surface area contributed by atoms with Crippen molar-refractivity contribution in [1.29, 1.82) is 0 Å². The summed E-state index contributed by atoms with van der Waals surface area (Å²) in [7, 11) is 0. The van der Waals surface area contributed by atoms with Gasteiger partial charge >= 0.3 is 0 Å². The first-order chi connectivity index (χ1) is 8.25. The molecule has 94 valence electrons. The van der Waals surface area contributed by atoms with Gasteiger partial charge in [-0.05, 0) is 49.0 Å². The predicted octanol–water partition coefficient (Wildman–Crippen LogP) is 2.80. The summed E-state index contributed by atoms with van der Waals surface area (Å²) in [5, 5.41) is 3.50. The quantitative estimate of drug-likeness (QED) is 0.763. The van der Waals surface area contributed by atoms with Crippen LogP contribution in [0.1, 0.15) is 31.4 Å². The smallest absolute Gasteiger partial charge is 0.122 e. The van der Waals surface area contributed by atoms with E-state index in [1.165, 1.54) is 17.5 Å². The Hall–Kier alpha value is -1.02. The molecule has 0 aromatic heterocycles. The fourth-order valence-corrected chi connectivity index (χ4v) is 2.14. The zero-order chi connectivity index (χ0) is 12.1. The highest BCUT2D eigenvalue weighted by Crippen LogP contribution is 2.25. The number of hydrogen-bond acceptors (Lipinski definition) is 2. The average molecular weight is 233 g/mol. The average Bonchev–Trinajstić information content (AvgIpc) is 2.75. The molecule has 0 atom stereocenters. The summed E-state index contributed by atoms with van der Waals surface area (Å²) < 4.78 is 5.51. The van der Waals surface area contributed by atoms with Crippen molar-refractivity contribution in [3.8, 4) is 5.75 Å². The molecule has 1 aliphatic heterocycles. The molecular weight excluding hydrogens is 210 g/mol. The maximum atomic E-state index is 5.51. The lowest BCUT2D eigenvalue weighted by Crippen LogP contribution is -2.19. The molecule has 0 bridgehead atoms. The van der Waals surface area contributed by atoms with Crippen LogP contribution < -0.4 is 10.1 Å². The van der Waals surface area contributed by atoms with Crippen LogP contribution in [-0.2, 0) is 12.8 Å². The second kappa shape index (κ2) is 6.06. The second-order valence-electron chi connectivity index (χ2n) is 5.22. The first-order valence-electron chi connectivity index (χ1n) is 6.71. The molecule has 1 aliphatic rings. The van der Waals surface area contributed by atoms with Gasteiger partial charge in [0, 0.05) is 6.42 Å². The third-order valence-electron chi connectivity index (χ3n) is 3.24. The monoisotopic (exact) mass is 233 g/mol. The minimum atomic E-state index is 0.791. The highest BCUT2D eigenvalue weighted by atomic mass is 16.5. The molecular formula is C15H23NO. The van der Waals surface area contributed by atoms with E-state index in [-0.39, 0.29) is 0 Å². The van der Waals surface area contributed by atoms with E-state index in [0.29, 0.717) is 0 Å². The number of benzene rings is 1. The Morgan fingerprint density at radius 1 is 1.29 bits per heavy atom. The van der Waals surface area contributed by atoms with Crippen molar-refractivity contribution in [3.05, 3.63) is 29.3 Å². The summed E-state index contributed by atoms with van der Waals surface area (Å²) in [4.78, 5) is 0. The predicted molar refractivity (Wildman–Crippen MR) is 71.7 cm³/mol. The van der Waals surface area contributed by atoms with Crippen LogP contribution in [0.2, 0.25) is 0 Å². The third-order valence-corrected chi connectivity index (χ3v) is 3.24. The number of fused-ring (bicyclic) bond motifs is 1. The van der Waals surface area contributed by atoms with Gasteiger partial charge in [-0.3, -0.25) is 0 Å². The zero-order valence-corrected chi connectivity index (χ0v) is 11.0. The van der Waals surface area contributed by atoms with Crippen LogP contribution in [0.25, 0.3) is 0 Å². The van der Waals surface area contributed by atoms with Gasteiger partial charge in [0.15, 0.2) is 0 Å². The highest BCUT2D eigenvalue weighted by molar-refractivity contribution is 5.39. The summed E-state index contributed by atoms with van der Waals surface area (Å²) in [5.74, 6) is 1.88. The van der Waals surface area contributed by atoms with Crippen LogP contribution in [0.3, 0.4) is 0 Å². The van der Waals surface area contributed by atoms with Crippen molar-refractivity contribution in [2.75, 3.05) is 19.7 Å². The van der Waals surface area contributed by atoms with Gasteiger partial charge in [0.2, 0.25) is 0 Å². The second-order valence-corrected chi connectivity index (χ2v) is 5.22. The largest absolute Gasteiger partial charge is 0.493 e. The van der Waals surface area contributed by atoms with E-state index in [2.05, 4.69) is 37.4 Å². The summed E-state index contributed by atoms with van der Waals surface area (Å²) in [6.45, 7) is 7.59. The van der Waals surface area contributed by atoms with E-state index in [1.807, 2.05) is 0 Å². The van der Waals surface area contributed by atoms with Gasteiger partial charge in [0.1, 0.15) is 5.75 Å². The molecule has 0 saturated heterocycles. The molecule has 0 amide bonds. The molecule has 1 aromatic carbocycles. The van der Waals surface area contributed by atoms with Crippen molar-refractivity contribution < 1.29 is 4.74 Å². The lowest BCUT2D eigenvalue weighted by atomic mass is 10.1. The maximum Gasteiger partial charge on any atom is 0.122 e. The molecule has 1 heterocycles. The Bertz CT molecular complexity index is 360. The molecule has 1 N–H and O–H groups in total. The summed E-state index contributed by atoms with van der Waals surface area (Å²) in [5.41, 5.74) is 2.80. The van der Waals surface area contributed by atoms with Gasteiger partial charge in [-0.25, -0.2) is 0 Å². The molecule has 17 heavy (non-hydrogen) atoms. The van der Waals surface area contributed by atoms with E-state index < -0.39 is 0 Å². The van der Waals surface area contributed by atoms with E-state index in [1.54, 1.807) is 0 Å². The van der Waals surface area contributed by atoms with E-state index in [0.717, 1.165) is 44.2 Å². The van der Waals surface area contributed by atoms with E-state index in [4.69, 9.17) is 4.74 Å². The molecule has 2 heteroatoms. The van der Waals surface area contributed by atoms with Crippen molar-refractivity contribution in [3.63, 3.8) is 0 Å². The SMILES string of the molecule is CC(C)CCNCCc1ccc2c(c1)CCO2. The lowest BCUT2D eigenvalue weighted by molar-refractivity contribution is 0.357. The van der Waals surface area contributed by atoms with Crippen LogP contribution in [0.15, 0.2) is 18.2 Å². The van der Waals surface area contributed by atoms with E-state index in [9.17, 15) is 0 Å². The number of hydrogen-bond donors (Lipinski definition) is 1. The maximum absolute atomic E-state index is 5.51. The number of rotatable bonds is 6. The van der Waals surface area contributed by atoms with Gasteiger partial charge in [0.25, 0.3) is 0 Å². The molecule has 2 nitrogen and oxygen atoms in total. The Labute approximate surface area is 104 Å². The van der Waals surface area contributed by atoms with Crippen molar-refractivity contribution in [2.24, 2.45) is 5.92 Å².